The predicted octanol–water partition coefficient (Wildman–Crippen LogP) is 3.51. The Hall–Kier alpha value is -1.37. The van der Waals surface area contributed by atoms with Gasteiger partial charge in [0.15, 0.2) is 0 Å². The average molecular weight is 321 g/mol. The third-order valence-corrected chi connectivity index (χ3v) is 4.56. The second-order valence-corrected chi connectivity index (χ2v) is 6.25. The van der Waals surface area contributed by atoms with Crippen LogP contribution >= 0.6 is 10.9 Å². The molecule has 0 N–H and O–H groups in total. The van der Waals surface area contributed by atoms with Gasteiger partial charge in [-0.15, -0.1) is 0 Å². The summed E-state index contributed by atoms with van der Waals surface area (Å²) in [5.41, 5.74) is 1.70. The number of hydrogen-bond donors (Lipinski definition) is 0. The van der Waals surface area contributed by atoms with E-state index in [1.807, 2.05) is 0 Å². The van der Waals surface area contributed by atoms with Gasteiger partial charge in [-0.1, -0.05) is 6.07 Å². The maximum Gasteiger partial charge on any atom is 0.471 e. The van der Waals surface area contributed by atoms with E-state index in [2.05, 4.69) is 0 Å². The Balaban J connectivity index is 2.20. The normalized spacial score (nSPS) is 17.3. The number of amides is 1. The third-order valence-electron chi connectivity index (χ3n) is 3.44. The molecule has 0 aliphatic carbocycles. The largest absolute Gasteiger partial charge is 0.471 e. The maximum atomic E-state index is 13.7. The van der Waals surface area contributed by atoms with Crippen molar-refractivity contribution in [1.82, 2.24) is 4.90 Å². The van der Waals surface area contributed by atoms with Crippen molar-refractivity contribution >= 4 is 22.1 Å². The molecule has 0 radical (unpaired) electrons. The van der Waals surface area contributed by atoms with Gasteiger partial charge in [-0.25, -0.2) is 0 Å². The first-order chi connectivity index (χ1) is 9.82. The van der Waals surface area contributed by atoms with Gasteiger partial charge in [0, 0.05) is 28.9 Å². The van der Waals surface area contributed by atoms with E-state index in [4.69, 9.17) is 0 Å². The zero-order chi connectivity index (χ0) is 15.6. The molecular weight excluding hydrogens is 306 g/mol. The molecular formula is C14H15F4NOS. The fraction of sp³-hybridized carbons (Fsp3) is 0.429. The maximum absolute atomic E-state index is 13.7. The summed E-state index contributed by atoms with van der Waals surface area (Å²) >= 11 is 0. The summed E-state index contributed by atoms with van der Waals surface area (Å²) in [6.45, 7) is 1.66. The summed E-state index contributed by atoms with van der Waals surface area (Å²) in [5, 5.41) is 1.44. The molecule has 21 heavy (non-hydrogen) atoms. The lowest BCUT2D eigenvalue weighted by molar-refractivity contribution is -0.185. The number of benzene rings is 1. The molecule has 1 atom stereocenters. The lowest BCUT2D eigenvalue weighted by Crippen LogP contribution is -2.42. The van der Waals surface area contributed by atoms with Gasteiger partial charge < -0.3 is 4.90 Å². The molecule has 2 rings (SSSR count). The van der Waals surface area contributed by atoms with Gasteiger partial charge in [-0.2, -0.15) is 17.1 Å². The van der Waals surface area contributed by atoms with Crippen LogP contribution in [0.4, 0.5) is 17.1 Å². The second kappa shape index (κ2) is 6.17. The van der Waals surface area contributed by atoms with Gasteiger partial charge in [-0.05, 0) is 48.4 Å². The van der Waals surface area contributed by atoms with E-state index in [-0.39, 0.29) is 13.1 Å². The molecule has 1 aliphatic heterocycles. The van der Waals surface area contributed by atoms with Crippen molar-refractivity contribution in [2.75, 3.05) is 13.1 Å². The Bertz CT molecular complexity index is 583. The highest BCUT2D eigenvalue weighted by Gasteiger charge is 2.42. The summed E-state index contributed by atoms with van der Waals surface area (Å²) < 4.78 is 51.1. The number of carbonyl (C=O) groups excluding carboxylic acids is 1. The Morgan fingerprint density at radius 3 is 2.43 bits per heavy atom. The number of rotatable bonds is 1. The van der Waals surface area contributed by atoms with Crippen LogP contribution in [0.2, 0.25) is 0 Å². The van der Waals surface area contributed by atoms with Crippen molar-refractivity contribution in [3.8, 4) is 0 Å². The second-order valence-electron chi connectivity index (χ2n) is 4.74. The van der Waals surface area contributed by atoms with Crippen LogP contribution in [0.5, 0.6) is 0 Å². The standard InChI is InChI=1S/C14H15F4NOS/c1-2-21(18)12-4-3-10-5-7-19(8-6-11(10)9-12)13(20)14(15,16)17/h2-4,9H,5-8H2,1H3. The topological polar surface area (TPSA) is 20.3 Å². The minimum Gasteiger partial charge on any atom is -0.334 e. The van der Waals surface area contributed by atoms with Crippen LogP contribution in [-0.2, 0) is 17.6 Å². The smallest absolute Gasteiger partial charge is 0.334 e. The molecule has 0 saturated carbocycles. The Kier molecular flexibility index (Phi) is 4.70. The molecule has 0 saturated heterocycles. The highest BCUT2D eigenvalue weighted by molar-refractivity contribution is 8.10. The summed E-state index contributed by atoms with van der Waals surface area (Å²) in [5.74, 6) is -1.80. The summed E-state index contributed by atoms with van der Waals surface area (Å²) in [4.78, 5) is 12.6. The summed E-state index contributed by atoms with van der Waals surface area (Å²) in [6, 6.07) is 5.10. The monoisotopic (exact) mass is 321 g/mol. The van der Waals surface area contributed by atoms with E-state index in [1.54, 1.807) is 25.1 Å². The highest BCUT2D eigenvalue weighted by atomic mass is 32.2. The predicted molar refractivity (Wildman–Crippen MR) is 75.2 cm³/mol. The van der Waals surface area contributed by atoms with Crippen molar-refractivity contribution < 1.29 is 21.9 Å². The van der Waals surface area contributed by atoms with Gasteiger partial charge in [0.05, 0.1) is 0 Å². The molecule has 116 valence electrons. The molecule has 1 heterocycles. The Labute approximate surface area is 123 Å². The van der Waals surface area contributed by atoms with Crippen LogP contribution in [0.15, 0.2) is 23.1 Å². The Morgan fingerprint density at radius 1 is 1.24 bits per heavy atom. The van der Waals surface area contributed by atoms with Gasteiger partial charge >= 0.3 is 12.1 Å². The third kappa shape index (κ3) is 3.64. The molecule has 0 fully saturated rings. The van der Waals surface area contributed by atoms with Gasteiger partial charge in [-0.3, -0.25) is 4.79 Å². The van der Waals surface area contributed by atoms with Gasteiger partial charge in [0.1, 0.15) is 0 Å². The summed E-state index contributed by atoms with van der Waals surface area (Å²) in [6.07, 6.45) is -4.18. The van der Waals surface area contributed by atoms with Crippen molar-refractivity contribution in [2.24, 2.45) is 0 Å². The van der Waals surface area contributed by atoms with E-state index in [9.17, 15) is 21.9 Å². The number of fused-ring (bicyclic) bond motifs is 1. The zero-order valence-corrected chi connectivity index (χ0v) is 12.2. The van der Waals surface area contributed by atoms with Crippen LogP contribution < -0.4 is 0 Å². The fourth-order valence-electron chi connectivity index (χ4n) is 2.34. The van der Waals surface area contributed by atoms with Crippen LogP contribution in [0.25, 0.3) is 0 Å². The first-order valence-electron chi connectivity index (χ1n) is 6.49. The molecule has 1 amide bonds. The number of carbonyl (C=O) groups is 1. The lowest BCUT2D eigenvalue weighted by atomic mass is 10.0. The molecule has 1 aromatic rings. The van der Waals surface area contributed by atoms with Gasteiger partial charge in [0.25, 0.3) is 0 Å². The molecule has 0 aromatic heterocycles. The number of hydrogen-bond acceptors (Lipinski definition) is 1. The number of nitrogens with zero attached hydrogens (tertiary/aromatic N) is 1. The van der Waals surface area contributed by atoms with Crippen LogP contribution in [0, 0.1) is 0 Å². The molecule has 0 bridgehead atoms. The van der Waals surface area contributed by atoms with Crippen LogP contribution in [0.1, 0.15) is 18.1 Å². The minimum atomic E-state index is -4.84. The minimum absolute atomic E-state index is 0.00466. The number of alkyl halides is 3. The van der Waals surface area contributed by atoms with Crippen LogP contribution in [-0.4, -0.2) is 35.4 Å². The molecule has 7 heteroatoms. The Morgan fingerprint density at radius 2 is 1.86 bits per heavy atom. The van der Waals surface area contributed by atoms with Crippen molar-refractivity contribution in [3.63, 3.8) is 0 Å². The molecule has 1 aliphatic rings. The van der Waals surface area contributed by atoms with E-state index < -0.39 is 23.0 Å². The SMILES string of the molecule is C/C=S(\F)c1ccc2c(c1)CCN(C(=O)C(F)(F)F)CC2. The van der Waals surface area contributed by atoms with Crippen LogP contribution in [0.3, 0.4) is 0 Å². The molecule has 2 nitrogen and oxygen atoms in total. The number of halogens is 4. The summed E-state index contributed by atoms with van der Waals surface area (Å²) in [7, 11) is -1.46. The first-order valence-corrected chi connectivity index (χ1v) is 7.68. The average Bonchev–Trinajstić information content (AvgIpc) is 2.66. The van der Waals surface area contributed by atoms with E-state index in [0.717, 1.165) is 16.0 Å². The van der Waals surface area contributed by atoms with E-state index in [0.29, 0.717) is 17.7 Å². The quantitative estimate of drug-likeness (QED) is 0.572. The van der Waals surface area contributed by atoms with E-state index in [1.165, 1.54) is 5.37 Å². The molecule has 1 unspecified atom stereocenters. The van der Waals surface area contributed by atoms with Crippen molar-refractivity contribution in [1.29, 1.82) is 0 Å². The molecule has 1 aromatic carbocycles. The van der Waals surface area contributed by atoms with Crippen molar-refractivity contribution in [3.05, 3.63) is 29.3 Å². The fourth-order valence-corrected chi connectivity index (χ4v) is 3.07. The van der Waals surface area contributed by atoms with Gasteiger partial charge in [0.2, 0.25) is 0 Å². The first kappa shape index (κ1) is 16.0. The van der Waals surface area contributed by atoms with E-state index >= 15 is 0 Å². The lowest BCUT2D eigenvalue weighted by Gasteiger charge is -2.21. The highest BCUT2D eigenvalue weighted by Crippen LogP contribution is 2.30. The zero-order valence-electron chi connectivity index (χ0n) is 11.4. The van der Waals surface area contributed by atoms with Crippen molar-refractivity contribution in [2.45, 2.75) is 30.8 Å². The molecule has 0 spiro atoms.